The van der Waals surface area contributed by atoms with Crippen LogP contribution in [0.1, 0.15) is 11.5 Å². The molecule has 2 aromatic carbocycles. The summed E-state index contributed by atoms with van der Waals surface area (Å²) in [7, 11) is 0. The van der Waals surface area contributed by atoms with Crippen molar-refractivity contribution in [1.29, 1.82) is 0 Å². The van der Waals surface area contributed by atoms with Crippen LogP contribution in [0.25, 0.3) is 11.4 Å². The lowest BCUT2D eigenvalue weighted by Crippen LogP contribution is -1.89. The van der Waals surface area contributed by atoms with E-state index >= 15 is 0 Å². The topological polar surface area (TPSA) is 60.5 Å². The van der Waals surface area contributed by atoms with Gasteiger partial charge in [0, 0.05) is 15.1 Å². The van der Waals surface area contributed by atoms with Crippen LogP contribution in [-0.4, -0.2) is 16.4 Å². The molecular formula is C16H11BrClN3O2. The minimum Gasteiger partial charge on any atom is -0.386 e. The number of aromatic nitrogens is 2. The van der Waals surface area contributed by atoms with Gasteiger partial charge in [0.25, 0.3) is 5.89 Å². The zero-order chi connectivity index (χ0) is 16.1. The van der Waals surface area contributed by atoms with E-state index in [9.17, 15) is 0 Å². The Morgan fingerprint density at radius 1 is 1.22 bits per heavy atom. The highest BCUT2D eigenvalue weighted by molar-refractivity contribution is 9.10. The Morgan fingerprint density at radius 2 is 2.04 bits per heavy atom. The molecule has 0 aliphatic rings. The first kappa shape index (κ1) is 15.7. The summed E-state index contributed by atoms with van der Waals surface area (Å²) in [6.45, 7) is 0.102. The van der Waals surface area contributed by atoms with Crippen molar-refractivity contribution in [3.05, 3.63) is 69.5 Å². The minimum atomic E-state index is 0.102. The van der Waals surface area contributed by atoms with Crippen molar-refractivity contribution in [1.82, 2.24) is 10.1 Å². The van der Waals surface area contributed by atoms with Crippen LogP contribution in [0.15, 0.2) is 62.7 Å². The molecular weight excluding hydrogens is 382 g/mol. The van der Waals surface area contributed by atoms with Crippen LogP contribution >= 0.6 is 27.5 Å². The molecule has 1 heterocycles. The summed E-state index contributed by atoms with van der Waals surface area (Å²) < 4.78 is 6.08. The van der Waals surface area contributed by atoms with Crippen LogP contribution in [0.2, 0.25) is 5.02 Å². The fraction of sp³-hybridized carbons (Fsp3) is 0.0625. The molecule has 0 spiro atoms. The Morgan fingerprint density at radius 3 is 2.83 bits per heavy atom. The standard InChI is InChI=1S/C16H11BrClN3O2/c17-13-3-1-2-12(8-13)16-20-15(23-21-16)10-22-19-9-11-4-6-14(18)7-5-11/h1-9H,10H2/b19-9-. The summed E-state index contributed by atoms with van der Waals surface area (Å²) in [6, 6.07) is 14.9. The Bertz CT molecular complexity index is 818. The molecule has 0 saturated carbocycles. The molecule has 116 valence electrons. The second-order valence-corrected chi connectivity index (χ2v) is 5.93. The van der Waals surface area contributed by atoms with E-state index < -0.39 is 0 Å². The van der Waals surface area contributed by atoms with Crippen LogP contribution in [0.4, 0.5) is 0 Å². The number of halogens is 2. The first-order chi connectivity index (χ1) is 11.2. The Balaban J connectivity index is 1.58. The monoisotopic (exact) mass is 391 g/mol. The smallest absolute Gasteiger partial charge is 0.267 e. The normalized spacial score (nSPS) is 11.0. The van der Waals surface area contributed by atoms with E-state index in [0.29, 0.717) is 16.7 Å². The zero-order valence-corrected chi connectivity index (χ0v) is 14.2. The van der Waals surface area contributed by atoms with E-state index in [1.807, 2.05) is 36.4 Å². The number of benzene rings is 2. The van der Waals surface area contributed by atoms with Gasteiger partial charge in [-0.1, -0.05) is 62.1 Å². The maximum Gasteiger partial charge on any atom is 0.267 e. The van der Waals surface area contributed by atoms with Gasteiger partial charge in [-0.15, -0.1) is 0 Å². The summed E-state index contributed by atoms with van der Waals surface area (Å²) in [6.07, 6.45) is 1.59. The molecule has 0 saturated heterocycles. The second kappa shape index (κ2) is 7.39. The molecule has 0 amide bonds. The third-order valence-electron chi connectivity index (χ3n) is 2.89. The van der Waals surface area contributed by atoms with Crippen LogP contribution in [-0.2, 0) is 11.4 Å². The highest BCUT2D eigenvalue weighted by Gasteiger charge is 2.09. The third-order valence-corrected chi connectivity index (χ3v) is 3.63. The predicted octanol–water partition coefficient (Wildman–Crippen LogP) is 4.70. The SMILES string of the molecule is Clc1ccc(/C=N\OCc2nc(-c3cccc(Br)c3)no2)cc1. The third kappa shape index (κ3) is 4.40. The molecule has 1 aromatic heterocycles. The average molecular weight is 393 g/mol. The second-order valence-electron chi connectivity index (χ2n) is 4.58. The Hall–Kier alpha value is -2.18. The molecule has 0 aliphatic carbocycles. The van der Waals surface area contributed by atoms with E-state index in [-0.39, 0.29) is 6.61 Å². The van der Waals surface area contributed by atoms with Crippen molar-refractivity contribution in [3.8, 4) is 11.4 Å². The molecule has 23 heavy (non-hydrogen) atoms. The lowest BCUT2D eigenvalue weighted by Gasteiger charge is -1.95. The molecule has 3 rings (SSSR count). The van der Waals surface area contributed by atoms with Crippen molar-refractivity contribution in [2.24, 2.45) is 5.16 Å². The minimum absolute atomic E-state index is 0.102. The van der Waals surface area contributed by atoms with Gasteiger partial charge >= 0.3 is 0 Å². The van der Waals surface area contributed by atoms with Crippen molar-refractivity contribution < 1.29 is 9.36 Å². The number of rotatable bonds is 5. The highest BCUT2D eigenvalue weighted by Crippen LogP contribution is 2.20. The molecule has 0 N–H and O–H groups in total. The van der Waals surface area contributed by atoms with E-state index in [0.717, 1.165) is 15.6 Å². The molecule has 0 unspecified atom stereocenters. The Kier molecular flexibility index (Phi) is 5.05. The molecule has 5 nitrogen and oxygen atoms in total. The maximum absolute atomic E-state index is 5.81. The van der Waals surface area contributed by atoms with Crippen molar-refractivity contribution >= 4 is 33.7 Å². The fourth-order valence-electron chi connectivity index (χ4n) is 1.80. The summed E-state index contributed by atoms with van der Waals surface area (Å²) in [4.78, 5) is 9.42. The van der Waals surface area contributed by atoms with Crippen molar-refractivity contribution in [2.75, 3.05) is 0 Å². The number of hydrogen-bond donors (Lipinski definition) is 0. The molecule has 0 radical (unpaired) electrons. The summed E-state index contributed by atoms with van der Waals surface area (Å²) in [5, 5.41) is 8.45. The maximum atomic E-state index is 5.81. The van der Waals surface area contributed by atoms with Gasteiger partial charge in [-0.05, 0) is 29.8 Å². The number of hydrogen-bond acceptors (Lipinski definition) is 5. The van der Waals surface area contributed by atoms with E-state index in [2.05, 4.69) is 31.2 Å². The van der Waals surface area contributed by atoms with Gasteiger partial charge in [-0.3, -0.25) is 0 Å². The lowest BCUT2D eigenvalue weighted by atomic mass is 10.2. The zero-order valence-electron chi connectivity index (χ0n) is 11.8. The van der Waals surface area contributed by atoms with Crippen LogP contribution < -0.4 is 0 Å². The number of nitrogens with zero attached hydrogens (tertiary/aromatic N) is 3. The van der Waals surface area contributed by atoms with Gasteiger partial charge in [0.05, 0.1) is 6.21 Å². The first-order valence-electron chi connectivity index (χ1n) is 6.70. The Labute approximate surface area is 146 Å². The van der Waals surface area contributed by atoms with Crippen molar-refractivity contribution in [3.63, 3.8) is 0 Å². The molecule has 3 aromatic rings. The van der Waals surface area contributed by atoms with Gasteiger partial charge in [0.2, 0.25) is 5.82 Å². The summed E-state index contributed by atoms with van der Waals surface area (Å²) >= 11 is 9.22. The van der Waals surface area contributed by atoms with Gasteiger partial charge in [0.1, 0.15) is 0 Å². The predicted molar refractivity (Wildman–Crippen MR) is 91.3 cm³/mol. The molecule has 0 atom stereocenters. The van der Waals surface area contributed by atoms with Gasteiger partial charge in [-0.2, -0.15) is 4.98 Å². The van der Waals surface area contributed by atoms with E-state index in [1.54, 1.807) is 18.3 Å². The van der Waals surface area contributed by atoms with Crippen LogP contribution in [0, 0.1) is 0 Å². The lowest BCUT2D eigenvalue weighted by molar-refractivity contribution is 0.107. The summed E-state index contributed by atoms with van der Waals surface area (Å²) in [5.74, 6) is 0.861. The van der Waals surface area contributed by atoms with Crippen LogP contribution in [0.5, 0.6) is 0 Å². The molecule has 0 aliphatic heterocycles. The largest absolute Gasteiger partial charge is 0.386 e. The van der Waals surface area contributed by atoms with Gasteiger partial charge in [-0.25, -0.2) is 0 Å². The molecule has 0 fully saturated rings. The molecule has 0 bridgehead atoms. The summed E-state index contributed by atoms with van der Waals surface area (Å²) in [5.41, 5.74) is 1.74. The first-order valence-corrected chi connectivity index (χ1v) is 7.87. The van der Waals surface area contributed by atoms with Crippen LogP contribution in [0.3, 0.4) is 0 Å². The van der Waals surface area contributed by atoms with E-state index in [4.69, 9.17) is 21.0 Å². The van der Waals surface area contributed by atoms with E-state index in [1.165, 1.54) is 0 Å². The molecule has 7 heteroatoms. The quantitative estimate of drug-likeness (QED) is 0.466. The average Bonchev–Trinajstić information content (AvgIpc) is 3.02. The highest BCUT2D eigenvalue weighted by atomic mass is 79.9. The fourth-order valence-corrected chi connectivity index (χ4v) is 2.32. The van der Waals surface area contributed by atoms with Gasteiger partial charge in [0.15, 0.2) is 6.61 Å². The van der Waals surface area contributed by atoms with Crippen molar-refractivity contribution in [2.45, 2.75) is 6.61 Å². The van der Waals surface area contributed by atoms with Gasteiger partial charge < -0.3 is 9.36 Å². The number of oxime groups is 1.